The molecule has 28 heavy (non-hydrogen) atoms. The van der Waals surface area contributed by atoms with E-state index >= 15 is 0 Å². The molecule has 4 rings (SSSR count). The highest BCUT2D eigenvalue weighted by atomic mass is 35.5. The molecule has 0 saturated carbocycles. The Morgan fingerprint density at radius 3 is 2.64 bits per heavy atom. The molecule has 7 heteroatoms. The number of thiophene rings is 1. The van der Waals surface area contributed by atoms with Gasteiger partial charge < -0.3 is 14.5 Å². The van der Waals surface area contributed by atoms with Gasteiger partial charge in [0.2, 0.25) is 5.78 Å². The number of carbonyl (C=O) groups is 2. The molecule has 0 aliphatic carbocycles. The van der Waals surface area contributed by atoms with Gasteiger partial charge in [0.25, 0.3) is 5.91 Å². The number of methoxy groups -OCH3 is 1. The van der Waals surface area contributed by atoms with Gasteiger partial charge >= 0.3 is 0 Å². The Morgan fingerprint density at radius 1 is 1.11 bits per heavy atom. The van der Waals surface area contributed by atoms with Crippen LogP contribution in [-0.4, -0.2) is 18.8 Å². The number of carbonyl (C=O) groups excluding carboxylic acids is 2. The lowest BCUT2D eigenvalue weighted by atomic mass is 10.1. The first-order valence-corrected chi connectivity index (χ1v) is 9.64. The molecule has 140 valence electrons. The number of rotatable bonds is 5. The summed E-state index contributed by atoms with van der Waals surface area (Å²) in [6, 6.07) is 13.6. The van der Waals surface area contributed by atoms with Crippen molar-refractivity contribution in [2.24, 2.45) is 0 Å². The van der Waals surface area contributed by atoms with Crippen LogP contribution in [0.1, 0.15) is 26.5 Å². The fourth-order valence-electron chi connectivity index (χ4n) is 2.85. The van der Waals surface area contributed by atoms with E-state index in [0.29, 0.717) is 38.6 Å². The second-order valence-electron chi connectivity index (χ2n) is 5.95. The van der Waals surface area contributed by atoms with E-state index < -0.39 is 0 Å². The Morgan fingerprint density at radius 2 is 1.93 bits per heavy atom. The number of ketones is 1. The van der Waals surface area contributed by atoms with Gasteiger partial charge in [-0.15, -0.1) is 0 Å². The van der Waals surface area contributed by atoms with Gasteiger partial charge in [0.15, 0.2) is 5.76 Å². The van der Waals surface area contributed by atoms with Crippen LogP contribution in [0, 0.1) is 0 Å². The molecule has 2 heterocycles. The van der Waals surface area contributed by atoms with Crippen molar-refractivity contribution in [1.82, 2.24) is 0 Å². The van der Waals surface area contributed by atoms with Gasteiger partial charge in [0.05, 0.1) is 23.4 Å². The van der Waals surface area contributed by atoms with Crippen LogP contribution in [0.15, 0.2) is 63.7 Å². The lowest BCUT2D eigenvalue weighted by Gasteiger charge is -2.07. The van der Waals surface area contributed by atoms with Crippen molar-refractivity contribution in [3.8, 4) is 5.75 Å². The molecular weight excluding hydrogens is 398 g/mol. The fourth-order valence-corrected chi connectivity index (χ4v) is 3.74. The monoisotopic (exact) mass is 411 g/mol. The summed E-state index contributed by atoms with van der Waals surface area (Å²) in [5.74, 6) is -0.184. The summed E-state index contributed by atoms with van der Waals surface area (Å²) in [5.41, 5.74) is 1.69. The highest BCUT2D eigenvalue weighted by Gasteiger charge is 2.24. The van der Waals surface area contributed by atoms with Gasteiger partial charge in [0.1, 0.15) is 11.3 Å². The molecule has 0 atom stereocenters. The number of anilines is 1. The number of fused-ring (bicyclic) bond motifs is 1. The van der Waals surface area contributed by atoms with Crippen molar-refractivity contribution in [3.05, 3.63) is 81.2 Å². The topological polar surface area (TPSA) is 68.5 Å². The number of hydrogen-bond donors (Lipinski definition) is 1. The number of benzene rings is 2. The Hall–Kier alpha value is -3.09. The van der Waals surface area contributed by atoms with Crippen LogP contribution in [0.2, 0.25) is 5.02 Å². The second kappa shape index (κ2) is 7.50. The van der Waals surface area contributed by atoms with Gasteiger partial charge in [0, 0.05) is 16.3 Å². The van der Waals surface area contributed by atoms with Gasteiger partial charge in [-0.1, -0.05) is 23.7 Å². The van der Waals surface area contributed by atoms with Gasteiger partial charge in [-0.3, -0.25) is 9.59 Å². The molecule has 0 aliphatic heterocycles. The summed E-state index contributed by atoms with van der Waals surface area (Å²) in [5, 5.41) is 7.33. The highest BCUT2D eigenvalue weighted by Crippen LogP contribution is 2.34. The van der Waals surface area contributed by atoms with E-state index in [1.54, 1.807) is 41.8 Å². The van der Waals surface area contributed by atoms with Crippen molar-refractivity contribution in [2.45, 2.75) is 0 Å². The summed E-state index contributed by atoms with van der Waals surface area (Å²) in [6.45, 7) is 0. The number of ether oxygens (including phenoxy) is 1. The second-order valence-corrected chi connectivity index (χ2v) is 7.13. The molecule has 0 spiro atoms. The standard InChI is InChI=1S/C21H14ClNO4S/c1-26-17-7-6-12(10-15(17)22)19(24)20-18(14-4-2-3-5-16(14)27-20)23-21(25)13-8-9-28-11-13/h2-11H,1H3,(H,23,25). The molecule has 0 radical (unpaired) electrons. The summed E-state index contributed by atoms with van der Waals surface area (Å²) in [6.07, 6.45) is 0. The fraction of sp³-hybridized carbons (Fsp3) is 0.0476. The van der Waals surface area contributed by atoms with Crippen molar-refractivity contribution < 1.29 is 18.7 Å². The molecule has 4 aromatic rings. The van der Waals surface area contributed by atoms with E-state index in [9.17, 15) is 9.59 Å². The third-order valence-electron chi connectivity index (χ3n) is 4.24. The third-order valence-corrected chi connectivity index (χ3v) is 5.22. The first-order valence-electron chi connectivity index (χ1n) is 8.32. The maximum atomic E-state index is 13.1. The number of hydrogen-bond acceptors (Lipinski definition) is 5. The number of halogens is 1. The summed E-state index contributed by atoms with van der Waals surface area (Å²) in [4.78, 5) is 25.7. The summed E-state index contributed by atoms with van der Waals surface area (Å²) in [7, 11) is 1.50. The number of para-hydroxylation sites is 1. The van der Waals surface area contributed by atoms with Crippen LogP contribution in [0.5, 0.6) is 5.75 Å². The lowest BCUT2D eigenvalue weighted by molar-refractivity contribution is 0.101. The van der Waals surface area contributed by atoms with E-state index in [1.165, 1.54) is 24.5 Å². The molecule has 0 fully saturated rings. The quantitative estimate of drug-likeness (QED) is 0.431. The molecule has 0 bridgehead atoms. The molecule has 0 unspecified atom stereocenters. The lowest BCUT2D eigenvalue weighted by Crippen LogP contribution is -2.13. The zero-order valence-electron chi connectivity index (χ0n) is 14.7. The summed E-state index contributed by atoms with van der Waals surface area (Å²) >= 11 is 7.57. The van der Waals surface area contributed by atoms with Crippen molar-refractivity contribution in [3.63, 3.8) is 0 Å². The van der Waals surface area contributed by atoms with Crippen LogP contribution in [0.4, 0.5) is 5.69 Å². The van der Waals surface area contributed by atoms with Crippen molar-refractivity contribution >= 4 is 51.3 Å². The van der Waals surface area contributed by atoms with E-state index in [0.717, 1.165) is 0 Å². The normalized spacial score (nSPS) is 10.8. The Labute approximate surface area is 169 Å². The van der Waals surface area contributed by atoms with E-state index in [2.05, 4.69) is 5.32 Å². The van der Waals surface area contributed by atoms with Gasteiger partial charge in [-0.25, -0.2) is 0 Å². The van der Waals surface area contributed by atoms with Crippen LogP contribution < -0.4 is 10.1 Å². The Balaban J connectivity index is 1.79. The van der Waals surface area contributed by atoms with Crippen molar-refractivity contribution in [1.29, 1.82) is 0 Å². The first kappa shape index (κ1) is 18.3. The van der Waals surface area contributed by atoms with Crippen LogP contribution in [0.25, 0.3) is 11.0 Å². The zero-order chi connectivity index (χ0) is 19.7. The number of amides is 1. The predicted octanol–water partition coefficient (Wildman–Crippen LogP) is 5.64. The maximum Gasteiger partial charge on any atom is 0.256 e. The first-order chi connectivity index (χ1) is 13.6. The van der Waals surface area contributed by atoms with Gasteiger partial charge in [-0.05, 0) is 41.8 Å². The average molecular weight is 412 g/mol. The maximum absolute atomic E-state index is 13.1. The smallest absolute Gasteiger partial charge is 0.256 e. The van der Waals surface area contributed by atoms with Gasteiger partial charge in [-0.2, -0.15) is 11.3 Å². The highest BCUT2D eigenvalue weighted by molar-refractivity contribution is 7.08. The van der Waals surface area contributed by atoms with Crippen LogP contribution in [0.3, 0.4) is 0 Å². The third kappa shape index (κ3) is 3.28. The molecular formula is C21H14ClNO4S. The van der Waals surface area contributed by atoms with Crippen LogP contribution >= 0.6 is 22.9 Å². The average Bonchev–Trinajstić information content (AvgIpc) is 3.36. The minimum absolute atomic E-state index is 0.0472. The minimum Gasteiger partial charge on any atom is -0.495 e. The SMILES string of the molecule is COc1ccc(C(=O)c2oc3ccccc3c2NC(=O)c2ccsc2)cc1Cl. The van der Waals surface area contributed by atoms with E-state index in [-0.39, 0.29) is 17.5 Å². The molecule has 2 aromatic heterocycles. The molecule has 1 N–H and O–H groups in total. The molecule has 1 amide bonds. The number of furan rings is 1. The molecule has 2 aromatic carbocycles. The van der Waals surface area contributed by atoms with E-state index in [1.807, 2.05) is 11.4 Å². The minimum atomic E-state index is -0.388. The predicted molar refractivity (Wildman–Crippen MR) is 110 cm³/mol. The summed E-state index contributed by atoms with van der Waals surface area (Å²) < 4.78 is 10.9. The molecule has 0 saturated heterocycles. The van der Waals surface area contributed by atoms with E-state index in [4.69, 9.17) is 20.8 Å². The van der Waals surface area contributed by atoms with Crippen LogP contribution in [-0.2, 0) is 0 Å². The number of nitrogens with one attached hydrogen (secondary N) is 1. The zero-order valence-corrected chi connectivity index (χ0v) is 16.3. The largest absolute Gasteiger partial charge is 0.495 e. The molecule has 0 aliphatic rings. The Bertz CT molecular complexity index is 1180. The van der Waals surface area contributed by atoms with Crippen molar-refractivity contribution in [2.75, 3.05) is 12.4 Å². The molecule has 5 nitrogen and oxygen atoms in total. The Kier molecular flexibility index (Phi) is 4.90.